The maximum absolute atomic E-state index is 14.2. The molecular weight excluding hydrogens is 273 g/mol. The van der Waals surface area contributed by atoms with Gasteiger partial charge in [-0.05, 0) is 18.6 Å². The highest BCUT2D eigenvalue weighted by Gasteiger charge is 2.15. The molecule has 0 aliphatic carbocycles. The number of anilines is 1. The second kappa shape index (κ2) is 7.28. The number of aromatic nitrogens is 3. The van der Waals surface area contributed by atoms with E-state index >= 15 is 0 Å². The van der Waals surface area contributed by atoms with Crippen LogP contribution in [0.2, 0.25) is 0 Å². The molecule has 0 saturated heterocycles. The van der Waals surface area contributed by atoms with Gasteiger partial charge in [-0.15, -0.1) is 0 Å². The molecule has 0 spiro atoms. The summed E-state index contributed by atoms with van der Waals surface area (Å²) in [6.45, 7) is 2.76. The minimum absolute atomic E-state index is 0.0438. The molecule has 21 heavy (non-hydrogen) atoms. The molecule has 0 bridgehead atoms. The number of amides is 1. The normalized spacial score (nSPS) is 10.2. The van der Waals surface area contributed by atoms with E-state index in [1.54, 1.807) is 12.3 Å². The molecule has 0 fully saturated rings. The largest absolute Gasteiger partial charge is 0.368 e. The zero-order valence-electron chi connectivity index (χ0n) is 11.6. The van der Waals surface area contributed by atoms with Crippen molar-refractivity contribution in [3.63, 3.8) is 0 Å². The number of hydrogen-bond acceptors (Lipinski definition) is 5. The predicted octanol–water partition coefficient (Wildman–Crippen LogP) is 1.76. The molecule has 0 radical (unpaired) electrons. The fourth-order valence-corrected chi connectivity index (χ4v) is 1.67. The minimum Gasteiger partial charge on any atom is -0.368 e. The van der Waals surface area contributed by atoms with Crippen molar-refractivity contribution >= 4 is 11.7 Å². The highest BCUT2D eigenvalue weighted by Crippen LogP contribution is 2.15. The van der Waals surface area contributed by atoms with Crippen LogP contribution in [0.4, 0.5) is 10.2 Å². The first-order chi connectivity index (χ1) is 10.2. The molecule has 0 aromatic carbocycles. The Morgan fingerprint density at radius 3 is 2.86 bits per heavy atom. The molecule has 2 N–H and O–H groups in total. The topological polar surface area (TPSA) is 79.8 Å². The molecule has 2 heterocycles. The first-order valence-corrected chi connectivity index (χ1v) is 6.63. The molecule has 6 nitrogen and oxygen atoms in total. The van der Waals surface area contributed by atoms with E-state index in [0.29, 0.717) is 12.2 Å². The van der Waals surface area contributed by atoms with E-state index in [1.165, 1.54) is 18.6 Å². The quantitative estimate of drug-likeness (QED) is 0.847. The Labute approximate surface area is 121 Å². The monoisotopic (exact) mass is 289 g/mol. The lowest BCUT2D eigenvalue weighted by molar-refractivity contribution is 0.0946. The van der Waals surface area contributed by atoms with Crippen LogP contribution >= 0.6 is 0 Å². The van der Waals surface area contributed by atoms with Gasteiger partial charge >= 0.3 is 0 Å². The Balaban J connectivity index is 2.05. The summed E-state index contributed by atoms with van der Waals surface area (Å²) in [5, 5.41) is 5.46. The molecule has 110 valence electrons. The lowest BCUT2D eigenvalue weighted by Crippen LogP contribution is -2.25. The van der Waals surface area contributed by atoms with Gasteiger partial charge in [0.15, 0.2) is 11.6 Å². The molecule has 0 atom stereocenters. The van der Waals surface area contributed by atoms with Crippen molar-refractivity contribution in [2.75, 3.05) is 11.9 Å². The second-order valence-corrected chi connectivity index (χ2v) is 4.33. The Bertz CT molecular complexity index is 606. The summed E-state index contributed by atoms with van der Waals surface area (Å²) in [6, 6.07) is 3.03. The van der Waals surface area contributed by atoms with Crippen LogP contribution < -0.4 is 10.6 Å². The molecule has 0 unspecified atom stereocenters. The maximum atomic E-state index is 14.2. The molecule has 2 rings (SSSR count). The summed E-state index contributed by atoms with van der Waals surface area (Å²) in [5.41, 5.74) is 0.606. The summed E-state index contributed by atoms with van der Waals surface area (Å²) in [4.78, 5) is 23.7. The highest BCUT2D eigenvalue weighted by atomic mass is 19.1. The molecular formula is C14H16FN5O. The van der Waals surface area contributed by atoms with Gasteiger partial charge in [-0.2, -0.15) is 0 Å². The zero-order chi connectivity index (χ0) is 15.1. The summed E-state index contributed by atoms with van der Waals surface area (Å²) in [6.07, 6.45) is 5.21. The van der Waals surface area contributed by atoms with Gasteiger partial charge in [0.25, 0.3) is 5.91 Å². The van der Waals surface area contributed by atoms with E-state index in [9.17, 15) is 9.18 Å². The average Bonchev–Trinajstić information content (AvgIpc) is 2.52. The summed E-state index contributed by atoms with van der Waals surface area (Å²) in [5.74, 6) is -1.06. The zero-order valence-corrected chi connectivity index (χ0v) is 11.6. The Hall–Kier alpha value is -2.57. The van der Waals surface area contributed by atoms with Gasteiger partial charge in [-0.1, -0.05) is 6.92 Å². The number of carbonyl (C=O) groups excluding carboxylic acids is 1. The van der Waals surface area contributed by atoms with Gasteiger partial charge in [0, 0.05) is 18.9 Å². The van der Waals surface area contributed by atoms with Gasteiger partial charge in [0.05, 0.1) is 17.8 Å². The van der Waals surface area contributed by atoms with Crippen LogP contribution in [-0.4, -0.2) is 27.4 Å². The fraction of sp³-hybridized carbons (Fsp3) is 0.286. The molecule has 0 aliphatic heterocycles. The Morgan fingerprint density at radius 2 is 2.14 bits per heavy atom. The Kier molecular flexibility index (Phi) is 5.14. The molecule has 0 aliphatic rings. The third kappa shape index (κ3) is 3.95. The van der Waals surface area contributed by atoms with E-state index < -0.39 is 11.7 Å². The van der Waals surface area contributed by atoms with Crippen molar-refractivity contribution in [2.45, 2.75) is 19.9 Å². The fourth-order valence-electron chi connectivity index (χ4n) is 1.67. The minimum atomic E-state index is -0.647. The number of nitrogens with one attached hydrogen (secondary N) is 2. The van der Waals surface area contributed by atoms with Gasteiger partial charge in [0.1, 0.15) is 6.33 Å². The number of rotatable bonds is 6. The summed E-state index contributed by atoms with van der Waals surface area (Å²) < 4.78 is 14.2. The maximum Gasteiger partial charge on any atom is 0.254 e. The first kappa shape index (κ1) is 14.8. The lowest BCUT2D eigenvalue weighted by Gasteiger charge is -2.09. The van der Waals surface area contributed by atoms with Gasteiger partial charge in [-0.3, -0.25) is 4.79 Å². The molecule has 2 aromatic heterocycles. The number of nitrogens with zero attached hydrogens (tertiary/aromatic N) is 3. The van der Waals surface area contributed by atoms with Gasteiger partial charge < -0.3 is 10.6 Å². The van der Waals surface area contributed by atoms with E-state index in [0.717, 1.165) is 6.42 Å². The van der Waals surface area contributed by atoms with Crippen molar-refractivity contribution in [1.29, 1.82) is 0 Å². The van der Waals surface area contributed by atoms with Crippen LogP contribution in [0.15, 0.2) is 30.9 Å². The van der Waals surface area contributed by atoms with Gasteiger partial charge in [0.2, 0.25) is 0 Å². The number of carbonyl (C=O) groups is 1. The molecule has 0 saturated carbocycles. The van der Waals surface area contributed by atoms with Crippen LogP contribution in [0.3, 0.4) is 0 Å². The second-order valence-electron chi connectivity index (χ2n) is 4.33. The van der Waals surface area contributed by atoms with Crippen LogP contribution in [-0.2, 0) is 6.54 Å². The van der Waals surface area contributed by atoms with Crippen molar-refractivity contribution < 1.29 is 9.18 Å². The number of pyridine rings is 1. The third-order valence-electron chi connectivity index (χ3n) is 2.75. The third-order valence-corrected chi connectivity index (χ3v) is 2.75. The van der Waals surface area contributed by atoms with Crippen molar-refractivity contribution in [3.8, 4) is 0 Å². The SMILES string of the molecule is CCCNc1nccc(C(=O)NCc2ccncn2)c1F. The van der Waals surface area contributed by atoms with E-state index in [1.807, 2.05) is 6.92 Å². The summed E-state index contributed by atoms with van der Waals surface area (Å²) in [7, 11) is 0. The number of halogens is 1. The van der Waals surface area contributed by atoms with Gasteiger partial charge in [-0.25, -0.2) is 19.3 Å². The Morgan fingerprint density at radius 1 is 1.29 bits per heavy atom. The van der Waals surface area contributed by atoms with Crippen LogP contribution in [0.1, 0.15) is 29.4 Å². The average molecular weight is 289 g/mol. The number of hydrogen-bond donors (Lipinski definition) is 2. The van der Waals surface area contributed by atoms with Crippen LogP contribution in [0, 0.1) is 5.82 Å². The highest BCUT2D eigenvalue weighted by molar-refractivity contribution is 5.95. The van der Waals surface area contributed by atoms with Crippen LogP contribution in [0.25, 0.3) is 0 Å². The summed E-state index contributed by atoms with van der Waals surface area (Å²) >= 11 is 0. The standard InChI is InChI=1S/C14H16FN5O/c1-2-5-17-13-12(15)11(4-7-18-13)14(21)19-8-10-3-6-16-9-20-10/h3-4,6-7,9H,2,5,8H2,1H3,(H,17,18)(H,19,21). The molecule has 1 amide bonds. The molecule has 7 heteroatoms. The van der Waals surface area contributed by atoms with Crippen LogP contribution in [0.5, 0.6) is 0 Å². The lowest BCUT2D eigenvalue weighted by atomic mass is 10.2. The predicted molar refractivity (Wildman–Crippen MR) is 76.2 cm³/mol. The smallest absolute Gasteiger partial charge is 0.254 e. The van der Waals surface area contributed by atoms with E-state index in [-0.39, 0.29) is 17.9 Å². The molecule has 2 aromatic rings. The first-order valence-electron chi connectivity index (χ1n) is 6.63. The van der Waals surface area contributed by atoms with Crippen molar-refractivity contribution in [2.24, 2.45) is 0 Å². The van der Waals surface area contributed by atoms with Crippen molar-refractivity contribution in [1.82, 2.24) is 20.3 Å². The van der Waals surface area contributed by atoms with Crippen molar-refractivity contribution in [3.05, 3.63) is 47.9 Å². The van der Waals surface area contributed by atoms with E-state index in [4.69, 9.17) is 0 Å². The van der Waals surface area contributed by atoms with E-state index in [2.05, 4.69) is 25.6 Å².